The van der Waals surface area contributed by atoms with Gasteiger partial charge in [0.1, 0.15) is 6.04 Å². The summed E-state index contributed by atoms with van der Waals surface area (Å²) in [7, 11) is 1.45. The van der Waals surface area contributed by atoms with Gasteiger partial charge in [-0.1, -0.05) is 32.0 Å². The molecule has 2 aromatic rings. The Kier molecular flexibility index (Phi) is 7.24. The number of likely N-dealkylation sites (N-methyl/N-ethyl adjacent to an activating group) is 1. The van der Waals surface area contributed by atoms with E-state index in [-0.39, 0.29) is 41.7 Å². The molecular weight excluding hydrogens is 487 g/mol. The predicted octanol–water partition coefficient (Wildman–Crippen LogP) is 3.62. The lowest BCUT2D eigenvalue weighted by molar-refractivity contribution is -0.139. The molecule has 2 N–H and O–H groups in total. The topological polar surface area (TPSA) is 94.6 Å². The van der Waals surface area contributed by atoms with Crippen LogP contribution in [0.4, 0.5) is 18.0 Å². The molecule has 2 aliphatic rings. The molecular formula is C26H28F3N5O3. The van der Waals surface area contributed by atoms with Crippen molar-refractivity contribution in [3.63, 3.8) is 0 Å². The number of hydrogen-bond acceptors (Lipinski definition) is 4. The summed E-state index contributed by atoms with van der Waals surface area (Å²) in [5.74, 6) is -0.914. The Morgan fingerprint density at radius 3 is 2.49 bits per heavy atom. The second-order valence-electron chi connectivity index (χ2n) is 9.54. The lowest BCUT2D eigenvalue weighted by atomic mass is 9.91. The van der Waals surface area contributed by atoms with Gasteiger partial charge in [0.15, 0.2) is 0 Å². The van der Waals surface area contributed by atoms with Gasteiger partial charge in [0.05, 0.1) is 29.4 Å². The molecule has 1 aromatic heterocycles. The van der Waals surface area contributed by atoms with Crippen LogP contribution in [0.5, 0.6) is 0 Å². The van der Waals surface area contributed by atoms with E-state index in [0.717, 1.165) is 11.6 Å². The Bertz CT molecular complexity index is 1230. The minimum Gasteiger partial charge on any atom is -0.350 e. The summed E-state index contributed by atoms with van der Waals surface area (Å²) < 4.78 is 41.4. The minimum absolute atomic E-state index is 0.0366. The van der Waals surface area contributed by atoms with Crippen molar-refractivity contribution >= 4 is 17.8 Å². The molecule has 1 aromatic carbocycles. The monoisotopic (exact) mass is 515 g/mol. The predicted molar refractivity (Wildman–Crippen MR) is 129 cm³/mol. The molecule has 0 saturated carbocycles. The van der Waals surface area contributed by atoms with Gasteiger partial charge in [0.2, 0.25) is 5.91 Å². The van der Waals surface area contributed by atoms with Crippen molar-refractivity contribution in [2.75, 3.05) is 13.6 Å². The number of benzene rings is 1. The third-order valence-corrected chi connectivity index (χ3v) is 6.56. The second-order valence-corrected chi connectivity index (χ2v) is 9.54. The number of nitrogens with zero attached hydrogens (tertiary/aromatic N) is 3. The normalized spacial score (nSPS) is 18.7. The number of nitrogens with one attached hydrogen (secondary N) is 2. The van der Waals surface area contributed by atoms with Crippen molar-refractivity contribution in [1.29, 1.82) is 0 Å². The van der Waals surface area contributed by atoms with E-state index in [0.29, 0.717) is 6.42 Å². The fraction of sp³-hybridized carbons (Fsp3) is 0.385. The van der Waals surface area contributed by atoms with Crippen LogP contribution in [0.1, 0.15) is 43.0 Å². The lowest BCUT2D eigenvalue weighted by Gasteiger charge is -2.32. The van der Waals surface area contributed by atoms with E-state index in [1.165, 1.54) is 35.0 Å². The van der Waals surface area contributed by atoms with Crippen LogP contribution in [0.2, 0.25) is 0 Å². The largest absolute Gasteiger partial charge is 0.416 e. The highest BCUT2D eigenvalue weighted by Gasteiger charge is 2.48. The van der Waals surface area contributed by atoms with Crippen LogP contribution in [0.15, 0.2) is 60.1 Å². The van der Waals surface area contributed by atoms with Gasteiger partial charge >= 0.3 is 12.2 Å². The van der Waals surface area contributed by atoms with Crippen molar-refractivity contribution in [3.8, 4) is 0 Å². The van der Waals surface area contributed by atoms with Crippen molar-refractivity contribution < 1.29 is 27.6 Å². The third kappa shape index (κ3) is 5.30. The Balaban J connectivity index is 1.67. The number of alkyl halides is 3. The fourth-order valence-electron chi connectivity index (χ4n) is 4.71. The zero-order valence-corrected chi connectivity index (χ0v) is 20.7. The highest BCUT2D eigenvalue weighted by molar-refractivity contribution is 6.03. The lowest BCUT2D eigenvalue weighted by Crippen LogP contribution is -2.49. The molecule has 196 valence electrons. The number of hydrogen-bond donors (Lipinski definition) is 2. The van der Waals surface area contributed by atoms with Crippen LogP contribution in [0.3, 0.4) is 0 Å². The van der Waals surface area contributed by atoms with Gasteiger partial charge in [0.25, 0.3) is 5.91 Å². The first kappa shape index (κ1) is 26.2. The van der Waals surface area contributed by atoms with E-state index in [1.807, 2.05) is 13.8 Å². The number of urea groups is 1. The van der Waals surface area contributed by atoms with Gasteiger partial charge in [-0.2, -0.15) is 13.2 Å². The number of rotatable bonds is 7. The second kappa shape index (κ2) is 10.2. The summed E-state index contributed by atoms with van der Waals surface area (Å²) >= 11 is 0. The smallest absolute Gasteiger partial charge is 0.350 e. The van der Waals surface area contributed by atoms with Crippen LogP contribution in [0.25, 0.3) is 0 Å². The number of pyridine rings is 1. The van der Waals surface area contributed by atoms with Crippen LogP contribution in [-0.2, 0) is 22.3 Å². The molecule has 0 radical (unpaired) electrons. The number of aromatic nitrogens is 1. The Hall–Kier alpha value is -3.89. The Morgan fingerprint density at radius 1 is 1.16 bits per heavy atom. The fourth-order valence-corrected chi connectivity index (χ4v) is 4.71. The highest BCUT2D eigenvalue weighted by Crippen LogP contribution is 2.41. The maximum Gasteiger partial charge on any atom is 0.416 e. The van der Waals surface area contributed by atoms with Crippen molar-refractivity contribution in [1.82, 2.24) is 25.4 Å². The standard InChI is InChI=1S/C26H28F3N5O3/c1-15(2)12-19(23(35)31-13-16-8-10-30-11-9-16)34-14-20-21(24(34)36)22(32-25(37)33(20)3)17-6-4-5-7-18(17)26(27,28)29/h4-11,15,19,22H,12-14H2,1-3H3,(H,31,35)(H,32,37). The minimum atomic E-state index is -4.68. The summed E-state index contributed by atoms with van der Waals surface area (Å²) in [6.07, 6.45) is -1.13. The van der Waals surface area contributed by atoms with Crippen LogP contribution in [0, 0.1) is 5.92 Å². The molecule has 4 amide bonds. The van der Waals surface area contributed by atoms with Gasteiger partial charge in [-0.3, -0.25) is 19.5 Å². The van der Waals surface area contributed by atoms with Gasteiger partial charge < -0.3 is 15.5 Å². The molecule has 8 nitrogen and oxygen atoms in total. The molecule has 2 aliphatic heterocycles. The molecule has 0 spiro atoms. The van der Waals surface area contributed by atoms with Crippen LogP contribution in [-0.4, -0.2) is 52.3 Å². The van der Waals surface area contributed by atoms with Crippen LogP contribution >= 0.6 is 0 Å². The average Bonchev–Trinajstić information content (AvgIpc) is 3.20. The SMILES string of the molecule is CC(C)CC(C(=O)NCc1ccncc1)N1CC2=C(C1=O)C(c1ccccc1C(F)(F)F)NC(=O)N2C. The third-order valence-electron chi connectivity index (χ3n) is 6.56. The number of carbonyl (C=O) groups excluding carboxylic acids is 3. The summed E-state index contributed by atoms with van der Waals surface area (Å²) in [6, 6.07) is 5.58. The van der Waals surface area contributed by atoms with E-state index in [9.17, 15) is 27.6 Å². The molecule has 0 bridgehead atoms. The summed E-state index contributed by atoms with van der Waals surface area (Å²) in [5, 5.41) is 5.40. The Labute approximate surface area is 212 Å². The average molecular weight is 516 g/mol. The van der Waals surface area contributed by atoms with E-state index in [1.54, 1.807) is 24.5 Å². The van der Waals surface area contributed by atoms with E-state index >= 15 is 0 Å². The molecule has 2 atom stereocenters. The van der Waals surface area contributed by atoms with Crippen molar-refractivity contribution in [2.24, 2.45) is 5.92 Å². The first-order chi connectivity index (χ1) is 17.5. The van der Waals surface area contributed by atoms with Gasteiger partial charge in [0, 0.05) is 26.0 Å². The first-order valence-electron chi connectivity index (χ1n) is 11.9. The molecule has 2 unspecified atom stereocenters. The van der Waals surface area contributed by atoms with Crippen molar-refractivity contribution in [3.05, 3.63) is 76.8 Å². The number of carbonyl (C=O) groups is 3. The maximum absolute atomic E-state index is 13.8. The molecule has 11 heteroatoms. The highest BCUT2D eigenvalue weighted by atomic mass is 19.4. The van der Waals surface area contributed by atoms with Crippen molar-refractivity contribution in [2.45, 2.75) is 45.1 Å². The molecule has 0 saturated heterocycles. The summed E-state index contributed by atoms with van der Waals surface area (Å²) in [5.41, 5.74) is -0.00505. The number of amides is 4. The van der Waals surface area contributed by atoms with E-state index in [4.69, 9.17) is 0 Å². The van der Waals surface area contributed by atoms with Gasteiger partial charge in [-0.25, -0.2) is 4.79 Å². The molecule has 0 fully saturated rings. The summed E-state index contributed by atoms with van der Waals surface area (Å²) in [4.78, 5) is 46.3. The molecule has 37 heavy (non-hydrogen) atoms. The van der Waals surface area contributed by atoms with Gasteiger partial charge in [-0.15, -0.1) is 0 Å². The maximum atomic E-state index is 13.8. The zero-order valence-electron chi connectivity index (χ0n) is 20.7. The first-order valence-corrected chi connectivity index (χ1v) is 11.9. The molecule has 4 rings (SSSR count). The van der Waals surface area contributed by atoms with Gasteiger partial charge in [-0.05, 0) is 41.7 Å². The quantitative estimate of drug-likeness (QED) is 0.589. The summed E-state index contributed by atoms with van der Waals surface area (Å²) in [6.45, 7) is 3.99. The van der Waals surface area contributed by atoms with Crippen LogP contribution < -0.4 is 10.6 Å². The molecule has 3 heterocycles. The molecule has 0 aliphatic carbocycles. The van der Waals surface area contributed by atoms with E-state index in [2.05, 4.69) is 15.6 Å². The Morgan fingerprint density at radius 2 is 1.84 bits per heavy atom. The van der Waals surface area contributed by atoms with E-state index < -0.39 is 35.8 Å². The number of halogens is 3. The zero-order chi connectivity index (χ0) is 26.9.